The normalized spacial score (nSPS) is 11.5. The Morgan fingerprint density at radius 3 is 2.57 bits per heavy atom. The number of carbonyl (C=O) groups excluding carboxylic acids is 1. The highest BCUT2D eigenvalue weighted by molar-refractivity contribution is 5.90. The minimum Gasteiger partial charge on any atom is -0.462 e. The van der Waals surface area contributed by atoms with Crippen molar-refractivity contribution in [2.75, 3.05) is 6.61 Å². The van der Waals surface area contributed by atoms with Crippen LogP contribution in [0, 0.1) is 5.95 Å². The van der Waals surface area contributed by atoms with E-state index in [9.17, 15) is 22.4 Å². The van der Waals surface area contributed by atoms with Crippen molar-refractivity contribution in [3.8, 4) is 5.69 Å². The summed E-state index contributed by atoms with van der Waals surface area (Å²) in [4.78, 5) is 14.8. The van der Waals surface area contributed by atoms with Crippen LogP contribution in [-0.4, -0.2) is 27.3 Å². The third-order valence-corrected chi connectivity index (χ3v) is 2.49. The van der Waals surface area contributed by atoms with Crippen molar-refractivity contribution in [2.24, 2.45) is 0 Å². The second kappa shape index (κ2) is 5.51. The lowest BCUT2D eigenvalue weighted by Crippen LogP contribution is -2.18. The van der Waals surface area contributed by atoms with Gasteiger partial charge in [0.05, 0.1) is 24.7 Å². The summed E-state index contributed by atoms with van der Waals surface area (Å²) in [6.07, 6.45) is -3.20. The van der Waals surface area contributed by atoms with Gasteiger partial charge in [-0.3, -0.25) is 0 Å². The molecule has 2 heterocycles. The van der Waals surface area contributed by atoms with Crippen LogP contribution in [0.25, 0.3) is 5.69 Å². The van der Waals surface area contributed by atoms with Crippen LogP contribution in [0.5, 0.6) is 0 Å². The van der Waals surface area contributed by atoms with Gasteiger partial charge >= 0.3 is 12.1 Å². The molecular weight excluding hydrogens is 294 g/mol. The number of esters is 1. The lowest BCUT2D eigenvalue weighted by atomic mass is 10.2. The maximum absolute atomic E-state index is 13.1. The highest BCUT2D eigenvalue weighted by Gasteiger charge is 2.41. The van der Waals surface area contributed by atoms with E-state index in [1.54, 1.807) is 0 Å². The molecule has 0 radical (unpaired) electrons. The van der Waals surface area contributed by atoms with E-state index in [-0.39, 0.29) is 12.3 Å². The number of alkyl halides is 3. The quantitative estimate of drug-likeness (QED) is 0.497. The van der Waals surface area contributed by atoms with E-state index >= 15 is 0 Å². The van der Waals surface area contributed by atoms with Crippen LogP contribution in [-0.2, 0) is 10.9 Å². The predicted octanol–water partition coefficient (Wildman–Crippen LogP) is 2.60. The van der Waals surface area contributed by atoms with Gasteiger partial charge in [-0.05, 0) is 19.1 Å². The predicted molar refractivity (Wildman–Crippen MR) is 62.3 cm³/mol. The van der Waals surface area contributed by atoms with Gasteiger partial charge in [0.25, 0.3) is 0 Å². The Morgan fingerprint density at radius 2 is 2.05 bits per heavy atom. The van der Waals surface area contributed by atoms with Crippen molar-refractivity contribution in [1.29, 1.82) is 0 Å². The largest absolute Gasteiger partial charge is 0.462 e. The van der Waals surface area contributed by atoms with Gasteiger partial charge in [-0.1, -0.05) is 0 Å². The van der Waals surface area contributed by atoms with Gasteiger partial charge in [-0.25, -0.2) is 14.5 Å². The highest BCUT2D eigenvalue weighted by Crippen LogP contribution is 2.33. The molecule has 0 fully saturated rings. The molecule has 0 saturated heterocycles. The fraction of sp³-hybridized carbons (Fsp3) is 0.250. The van der Waals surface area contributed by atoms with E-state index in [4.69, 9.17) is 0 Å². The fourth-order valence-corrected chi connectivity index (χ4v) is 1.67. The molecule has 5 nitrogen and oxygen atoms in total. The van der Waals surface area contributed by atoms with E-state index in [1.165, 1.54) is 6.92 Å². The molecule has 9 heteroatoms. The summed E-state index contributed by atoms with van der Waals surface area (Å²) in [6, 6.07) is 1.96. The number of halogens is 4. The van der Waals surface area contributed by atoms with Crippen molar-refractivity contribution in [2.45, 2.75) is 13.1 Å². The first-order valence-corrected chi connectivity index (χ1v) is 5.79. The first kappa shape index (κ1) is 14.9. The van der Waals surface area contributed by atoms with Crippen LogP contribution >= 0.6 is 0 Å². The Bertz CT molecular complexity index is 650. The minimum absolute atomic E-state index is 0.0700. The molecule has 112 valence electrons. The van der Waals surface area contributed by atoms with Crippen LogP contribution in [0.3, 0.4) is 0 Å². The average Bonchev–Trinajstić information content (AvgIpc) is 2.84. The summed E-state index contributed by atoms with van der Waals surface area (Å²) in [5.41, 5.74) is -2.14. The lowest BCUT2D eigenvalue weighted by Gasteiger charge is -2.12. The Kier molecular flexibility index (Phi) is 3.92. The molecule has 21 heavy (non-hydrogen) atoms. The van der Waals surface area contributed by atoms with E-state index < -0.39 is 29.4 Å². The van der Waals surface area contributed by atoms with Crippen molar-refractivity contribution in [3.05, 3.63) is 41.7 Å². The zero-order chi connectivity index (χ0) is 15.6. The van der Waals surface area contributed by atoms with Gasteiger partial charge in [0.2, 0.25) is 5.95 Å². The van der Waals surface area contributed by atoms with E-state index in [0.29, 0.717) is 4.68 Å². The number of pyridine rings is 1. The molecule has 0 bridgehead atoms. The lowest BCUT2D eigenvalue weighted by molar-refractivity contribution is -0.143. The number of aromatic nitrogens is 3. The van der Waals surface area contributed by atoms with Gasteiger partial charge in [-0.2, -0.15) is 22.7 Å². The van der Waals surface area contributed by atoms with Crippen LogP contribution in [0.1, 0.15) is 23.0 Å². The zero-order valence-electron chi connectivity index (χ0n) is 10.7. The summed E-state index contributed by atoms with van der Waals surface area (Å²) >= 11 is 0. The fourth-order valence-electron chi connectivity index (χ4n) is 1.67. The molecule has 0 aliphatic heterocycles. The first-order chi connectivity index (χ1) is 9.84. The summed E-state index contributed by atoms with van der Waals surface area (Å²) < 4.78 is 57.2. The van der Waals surface area contributed by atoms with Crippen molar-refractivity contribution < 1.29 is 27.1 Å². The molecule has 2 aromatic heterocycles. The maximum Gasteiger partial charge on any atom is 0.434 e. The maximum atomic E-state index is 13.1. The van der Waals surface area contributed by atoms with E-state index in [0.717, 1.165) is 24.5 Å². The number of ether oxygens (including phenoxy) is 1. The average molecular weight is 303 g/mol. The molecule has 0 aliphatic carbocycles. The van der Waals surface area contributed by atoms with Gasteiger partial charge < -0.3 is 4.74 Å². The summed E-state index contributed by atoms with van der Waals surface area (Å²) in [5.74, 6) is -1.98. The van der Waals surface area contributed by atoms with Gasteiger partial charge in [0.15, 0.2) is 5.69 Å². The Balaban J connectivity index is 2.57. The number of hydrogen-bond donors (Lipinski definition) is 0. The molecule has 0 spiro atoms. The third kappa shape index (κ3) is 3.01. The van der Waals surface area contributed by atoms with Crippen LogP contribution in [0.2, 0.25) is 0 Å². The second-order valence-corrected chi connectivity index (χ2v) is 3.88. The Labute approximate surface area is 116 Å². The van der Waals surface area contributed by atoms with Crippen LogP contribution < -0.4 is 0 Å². The van der Waals surface area contributed by atoms with Gasteiger partial charge in [0, 0.05) is 0 Å². The molecule has 0 aromatic carbocycles. The molecule has 0 N–H and O–H groups in total. The molecule has 2 aromatic rings. The van der Waals surface area contributed by atoms with Crippen molar-refractivity contribution in [3.63, 3.8) is 0 Å². The zero-order valence-corrected chi connectivity index (χ0v) is 10.7. The smallest absolute Gasteiger partial charge is 0.434 e. The van der Waals surface area contributed by atoms with Crippen LogP contribution in [0.15, 0.2) is 24.5 Å². The Morgan fingerprint density at radius 1 is 1.33 bits per heavy atom. The number of carbonyl (C=O) groups is 1. The first-order valence-electron chi connectivity index (χ1n) is 5.79. The standard InChI is InChI=1S/C12H9F4N3O2/c1-2-21-11(20)8-6-18-19(10(8)12(14,15)16)7-3-4-9(13)17-5-7/h3-6H,2H2,1H3. The summed E-state index contributed by atoms with van der Waals surface area (Å²) in [7, 11) is 0. The monoisotopic (exact) mass is 303 g/mol. The molecule has 0 saturated carbocycles. The van der Waals surface area contributed by atoms with Crippen molar-refractivity contribution in [1.82, 2.24) is 14.8 Å². The Hall–Kier alpha value is -2.45. The molecular formula is C12H9F4N3O2. The van der Waals surface area contributed by atoms with Crippen LogP contribution in [0.4, 0.5) is 17.6 Å². The number of rotatable bonds is 3. The molecule has 2 rings (SSSR count). The van der Waals surface area contributed by atoms with Gasteiger partial charge in [-0.15, -0.1) is 0 Å². The number of hydrogen-bond acceptors (Lipinski definition) is 4. The topological polar surface area (TPSA) is 57.0 Å². The SMILES string of the molecule is CCOC(=O)c1cnn(-c2ccc(F)nc2)c1C(F)(F)F. The molecule has 0 aliphatic rings. The van der Waals surface area contributed by atoms with Crippen molar-refractivity contribution >= 4 is 5.97 Å². The summed E-state index contributed by atoms with van der Waals surface area (Å²) in [5, 5.41) is 3.52. The van der Waals surface area contributed by atoms with Gasteiger partial charge in [0.1, 0.15) is 5.56 Å². The van der Waals surface area contributed by atoms with E-state index in [2.05, 4.69) is 14.8 Å². The van der Waals surface area contributed by atoms with E-state index in [1.807, 2.05) is 0 Å². The third-order valence-electron chi connectivity index (χ3n) is 2.49. The highest BCUT2D eigenvalue weighted by atomic mass is 19.4. The number of nitrogens with zero attached hydrogens (tertiary/aromatic N) is 3. The molecule has 0 unspecified atom stereocenters. The second-order valence-electron chi connectivity index (χ2n) is 3.88. The molecule has 0 amide bonds. The summed E-state index contributed by atoms with van der Waals surface area (Å²) in [6.45, 7) is 1.40. The minimum atomic E-state index is -4.84. The molecule has 0 atom stereocenters.